The van der Waals surface area contributed by atoms with Crippen molar-refractivity contribution in [2.24, 2.45) is 0 Å². The number of aromatic nitrogens is 3. The van der Waals surface area contributed by atoms with Crippen LogP contribution in [0.15, 0.2) is 30.6 Å². The molecule has 0 saturated carbocycles. The highest BCUT2D eigenvalue weighted by Crippen LogP contribution is 2.36. The Kier molecular flexibility index (Phi) is 4.10. The van der Waals surface area contributed by atoms with E-state index in [-0.39, 0.29) is 17.6 Å². The van der Waals surface area contributed by atoms with Crippen molar-refractivity contribution in [2.75, 3.05) is 22.9 Å². The van der Waals surface area contributed by atoms with Crippen LogP contribution < -0.4 is 15.3 Å². The zero-order chi connectivity index (χ0) is 19.2. The molecule has 0 radical (unpaired) electrons. The van der Waals surface area contributed by atoms with E-state index in [2.05, 4.69) is 15.0 Å². The van der Waals surface area contributed by atoms with Gasteiger partial charge in [-0.1, -0.05) is 6.07 Å². The van der Waals surface area contributed by atoms with E-state index in [1.807, 2.05) is 9.80 Å². The Bertz CT molecular complexity index is 860. The van der Waals surface area contributed by atoms with Gasteiger partial charge in [0.2, 0.25) is 5.95 Å². The van der Waals surface area contributed by atoms with E-state index in [0.717, 1.165) is 12.5 Å². The van der Waals surface area contributed by atoms with E-state index in [1.54, 1.807) is 6.07 Å². The van der Waals surface area contributed by atoms with Gasteiger partial charge in [0.25, 0.3) is 5.91 Å². The standard InChI is InChI=1S/C16H15F3N6O2/c17-16(18,19)12-2-1-3-13(22-12)24-7-11-4-10(24)8-25(11)15-20-5-9(6-21-15)14(26)23-27/h1-3,5-6,10-11,27H,4,7-8H2,(H,23,26)/t10-,11-/m0/s1. The fraction of sp³-hybridized carbons (Fsp3) is 0.375. The van der Waals surface area contributed by atoms with Crippen LogP contribution in [0.5, 0.6) is 0 Å². The molecule has 2 atom stereocenters. The molecule has 2 N–H and O–H groups in total. The minimum absolute atomic E-state index is 0.00926. The summed E-state index contributed by atoms with van der Waals surface area (Å²) in [7, 11) is 0. The molecule has 142 valence electrons. The number of alkyl halides is 3. The van der Waals surface area contributed by atoms with Gasteiger partial charge in [-0.25, -0.2) is 20.4 Å². The Morgan fingerprint density at radius 1 is 1.15 bits per heavy atom. The minimum atomic E-state index is -4.47. The number of nitrogens with one attached hydrogen (secondary N) is 1. The molecule has 0 unspecified atom stereocenters. The van der Waals surface area contributed by atoms with Crippen molar-refractivity contribution in [2.45, 2.75) is 24.7 Å². The first-order valence-corrected chi connectivity index (χ1v) is 8.21. The Morgan fingerprint density at radius 3 is 2.41 bits per heavy atom. The molecule has 2 saturated heterocycles. The first-order chi connectivity index (χ1) is 12.9. The maximum absolute atomic E-state index is 12.9. The maximum Gasteiger partial charge on any atom is 0.433 e. The lowest BCUT2D eigenvalue weighted by atomic mass is 10.2. The molecule has 2 bridgehead atoms. The molecule has 2 fully saturated rings. The van der Waals surface area contributed by atoms with E-state index in [9.17, 15) is 18.0 Å². The molecular formula is C16H15F3N6O2. The molecule has 1 amide bonds. The number of halogens is 3. The summed E-state index contributed by atoms with van der Waals surface area (Å²) in [6, 6.07) is 3.96. The summed E-state index contributed by atoms with van der Waals surface area (Å²) < 4.78 is 38.7. The number of amides is 1. The number of pyridine rings is 1. The van der Waals surface area contributed by atoms with Gasteiger partial charge in [0.05, 0.1) is 17.6 Å². The second-order valence-electron chi connectivity index (χ2n) is 6.44. The summed E-state index contributed by atoms with van der Waals surface area (Å²) in [5.41, 5.74) is 0.733. The Labute approximate surface area is 151 Å². The van der Waals surface area contributed by atoms with Crippen LogP contribution in [0.1, 0.15) is 22.5 Å². The van der Waals surface area contributed by atoms with Crippen LogP contribution in [0.25, 0.3) is 0 Å². The number of piperazine rings is 1. The molecule has 0 aromatic carbocycles. The molecular weight excluding hydrogens is 365 g/mol. The predicted molar refractivity (Wildman–Crippen MR) is 87.4 cm³/mol. The molecule has 4 heterocycles. The summed E-state index contributed by atoms with van der Waals surface area (Å²) in [6.07, 6.45) is -1.09. The fourth-order valence-electron chi connectivity index (χ4n) is 3.58. The number of hydroxylamine groups is 1. The molecule has 0 aliphatic carbocycles. The second kappa shape index (κ2) is 6.34. The van der Waals surface area contributed by atoms with Crippen LogP contribution in [0.2, 0.25) is 0 Å². The van der Waals surface area contributed by atoms with Crippen molar-refractivity contribution in [3.05, 3.63) is 41.9 Å². The smallest absolute Gasteiger partial charge is 0.350 e. The van der Waals surface area contributed by atoms with Gasteiger partial charge >= 0.3 is 6.18 Å². The van der Waals surface area contributed by atoms with Crippen LogP contribution in [0.4, 0.5) is 24.9 Å². The number of hydrogen-bond acceptors (Lipinski definition) is 7. The van der Waals surface area contributed by atoms with Crippen LogP contribution in [0.3, 0.4) is 0 Å². The van der Waals surface area contributed by atoms with Crippen molar-refractivity contribution in [1.82, 2.24) is 20.4 Å². The van der Waals surface area contributed by atoms with E-state index in [1.165, 1.54) is 23.9 Å². The quantitative estimate of drug-likeness (QED) is 0.615. The molecule has 11 heteroatoms. The van der Waals surface area contributed by atoms with Crippen molar-refractivity contribution in [3.8, 4) is 0 Å². The van der Waals surface area contributed by atoms with Crippen molar-refractivity contribution in [1.29, 1.82) is 0 Å². The monoisotopic (exact) mass is 380 g/mol. The van der Waals surface area contributed by atoms with Gasteiger partial charge in [-0.3, -0.25) is 10.0 Å². The number of carbonyl (C=O) groups excluding carboxylic acids is 1. The highest BCUT2D eigenvalue weighted by Gasteiger charge is 2.45. The lowest BCUT2D eigenvalue weighted by Gasteiger charge is -2.35. The van der Waals surface area contributed by atoms with Gasteiger partial charge in [0.1, 0.15) is 11.5 Å². The van der Waals surface area contributed by atoms with Crippen molar-refractivity contribution < 1.29 is 23.2 Å². The van der Waals surface area contributed by atoms with Gasteiger partial charge in [-0.2, -0.15) is 13.2 Å². The summed E-state index contributed by atoms with van der Waals surface area (Å²) in [5.74, 6) is 0.0489. The number of nitrogens with zero attached hydrogens (tertiary/aromatic N) is 5. The Hall–Kier alpha value is -2.95. The lowest BCUT2D eigenvalue weighted by molar-refractivity contribution is -0.141. The SMILES string of the molecule is O=C(NO)c1cnc(N2C[C@@H]3C[C@H]2CN3c2cccc(C(F)(F)F)n2)nc1. The van der Waals surface area contributed by atoms with Gasteiger partial charge in [-0.15, -0.1) is 0 Å². The van der Waals surface area contributed by atoms with E-state index in [4.69, 9.17) is 5.21 Å². The third-order valence-corrected chi connectivity index (χ3v) is 4.82. The third-order valence-electron chi connectivity index (χ3n) is 4.82. The molecule has 4 rings (SSSR count). The van der Waals surface area contributed by atoms with E-state index < -0.39 is 17.8 Å². The summed E-state index contributed by atoms with van der Waals surface area (Å²) >= 11 is 0. The van der Waals surface area contributed by atoms with Gasteiger partial charge in [0, 0.05) is 25.5 Å². The highest BCUT2D eigenvalue weighted by atomic mass is 19.4. The summed E-state index contributed by atoms with van der Waals surface area (Å²) in [4.78, 5) is 27.2. The van der Waals surface area contributed by atoms with Crippen LogP contribution >= 0.6 is 0 Å². The first-order valence-electron chi connectivity index (χ1n) is 8.21. The van der Waals surface area contributed by atoms with Crippen molar-refractivity contribution in [3.63, 3.8) is 0 Å². The largest absolute Gasteiger partial charge is 0.433 e. The summed E-state index contributed by atoms with van der Waals surface area (Å²) in [6.45, 7) is 1.06. The zero-order valence-electron chi connectivity index (χ0n) is 13.9. The van der Waals surface area contributed by atoms with Gasteiger partial charge in [-0.05, 0) is 18.6 Å². The Balaban J connectivity index is 1.49. The topological polar surface area (TPSA) is 94.5 Å². The first kappa shape index (κ1) is 17.5. The lowest BCUT2D eigenvalue weighted by Crippen LogP contribution is -2.47. The number of fused-ring (bicyclic) bond motifs is 2. The minimum Gasteiger partial charge on any atom is -0.350 e. The zero-order valence-corrected chi connectivity index (χ0v) is 13.9. The Morgan fingerprint density at radius 2 is 1.81 bits per heavy atom. The average molecular weight is 380 g/mol. The van der Waals surface area contributed by atoms with Gasteiger partial charge < -0.3 is 9.80 Å². The molecule has 27 heavy (non-hydrogen) atoms. The number of carbonyl (C=O) groups is 1. The molecule has 2 aliphatic heterocycles. The third kappa shape index (κ3) is 3.14. The second-order valence-corrected chi connectivity index (χ2v) is 6.44. The highest BCUT2D eigenvalue weighted by molar-refractivity contribution is 5.92. The fourth-order valence-corrected chi connectivity index (χ4v) is 3.58. The molecule has 8 nitrogen and oxygen atoms in total. The molecule has 2 aliphatic rings. The molecule has 0 spiro atoms. The van der Waals surface area contributed by atoms with E-state index in [0.29, 0.717) is 24.9 Å². The van der Waals surface area contributed by atoms with Crippen LogP contribution in [-0.4, -0.2) is 51.2 Å². The summed E-state index contributed by atoms with van der Waals surface area (Å²) in [5, 5.41) is 8.61. The average Bonchev–Trinajstić information content (AvgIpc) is 3.28. The number of hydrogen-bond donors (Lipinski definition) is 2. The van der Waals surface area contributed by atoms with Crippen LogP contribution in [0, 0.1) is 0 Å². The predicted octanol–water partition coefficient (Wildman–Crippen LogP) is 1.48. The maximum atomic E-state index is 12.9. The van der Waals surface area contributed by atoms with Crippen LogP contribution in [-0.2, 0) is 6.18 Å². The molecule has 2 aromatic rings. The normalized spacial score (nSPS) is 21.6. The number of anilines is 2. The van der Waals surface area contributed by atoms with Gasteiger partial charge in [0.15, 0.2) is 0 Å². The van der Waals surface area contributed by atoms with Crippen molar-refractivity contribution >= 4 is 17.7 Å². The molecule has 2 aromatic heterocycles. The van der Waals surface area contributed by atoms with E-state index >= 15 is 0 Å². The number of rotatable bonds is 3.